The Balaban J connectivity index is 1.44. The van der Waals surface area contributed by atoms with Crippen molar-refractivity contribution in [2.24, 2.45) is 0 Å². The van der Waals surface area contributed by atoms with Crippen LogP contribution in [-0.4, -0.2) is 30.6 Å². The molecule has 0 unspecified atom stereocenters. The summed E-state index contributed by atoms with van der Waals surface area (Å²) in [4.78, 5) is 16.6. The molecule has 0 saturated carbocycles. The lowest BCUT2D eigenvalue weighted by Gasteiger charge is -2.12. The predicted octanol–water partition coefficient (Wildman–Crippen LogP) is 7.17. The fourth-order valence-electron chi connectivity index (χ4n) is 2.72. The molecule has 1 heterocycles. The number of ether oxygens (including phenoxy) is 3. The minimum Gasteiger partial charge on any atom is -0.490 e. The van der Waals surface area contributed by atoms with Gasteiger partial charge in [-0.15, -0.1) is 0 Å². The summed E-state index contributed by atoms with van der Waals surface area (Å²) in [5.41, 5.74) is 1.11. The van der Waals surface area contributed by atoms with Gasteiger partial charge in [0.15, 0.2) is 11.5 Å². The average molecular weight is 527 g/mol. The molecule has 172 valence electrons. The molecule has 9 heteroatoms. The second-order valence-electron chi connectivity index (χ2n) is 6.65. The molecule has 1 aromatic heterocycles. The Hall–Kier alpha value is -2.44. The lowest BCUT2D eigenvalue weighted by molar-refractivity contribution is 0.103. The van der Waals surface area contributed by atoms with Crippen LogP contribution in [0.4, 0.5) is 0 Å². The lowest BCUT2D eigenvalue weighted by atomic mass is 10.1. The molecule has 0 bridgehead atoms. The SMILES string of the molecule is O=C(c1ccccc1)c1ccc(OCCCOc2c(Cl)cc(OCC=C(Cl)Cl)cc2Cl)nc1. The summed E-state index contributed by atoms with van der Waals surface area (Å²) in [6.45, 7) is 0.873. The fourth-order valence-corrected chi connectivity index (χ4v) is 3.43. The highest BCUT2D eigenvalue weighted by Crippen LogP contribution is 2.37. The highest BCUT2D eigenvalue weighted by molar-refractivity contribution is 6.55. The maximum atomic E-state index is 12.4. The van der Waals surface area contributed by atoms with Crippen molar-refractivity contribution in [3.63, 3.8) is 0 Å². The second-order valence-corrected chi connectivity index (χ2v) is 8.47. The number of aromatic nitrogens is 1. The van der Waals surface area contributed by atoms with Crippen molar-refractivity contribution in [1.29, 1.82) is 0 Å². The average Bonchev–Trinajstić information content (AvgIpc) is 2.80. The number of halogens is 4. The van der Waals surface area contributed by atoms with Gasteiger partial charge in [0, 0.05) is 41.9 Å². The second kappa shape index (κ2) is 12.7. The smallest absolute Gasteiger partial charge is 0.213 e. The molecule has 0 aliphatic carbocycles. The van der Waals surface area contributed by atoms with E-state index in [1.54, 1.807) is 36.4 Å². The van der Waals surface area contributed by atoms with Gasteiger partial charge < -0.3 is 14.2 Å². The van der Waals surface area contributed by atoms with Crippen LogP contribution in [0.25, 0.3) is 0 Å². The highest BCUT2D eigenvalue weighted by atomic mass is 35.5. The van der Waals surface area contributed by atoms with E-state index in [1.807, 2.05) is 18.2 Å². The van der Waals surface area contributed by atoms with Crippen molar-refractivity contribution >= 4 is 52.2 Å². The van der Waals surface area contributed by atoms with Gasteiger partial charge in [0.1, 0.15) is 16.8 Å². The fraction of sp³-hybridized carbons (Fsp3) is 0.167. The van der Waals surface area contributed by atoms with E-state index in [0.29, 0.717) is 58.2 Å². The number of rotatable bonds is 11. The molecule has 0 saturated heterocycles. The zero-order valence-corrected chi connectivity index (χ0v) is 20.3. The normalized spacial score (nSPS) is 10.4. The number of benzene rings is 2. The van der Waals surface area contributed by atoms with E-state index in [4.69, 9.17) is 60.6 Å². The standard InChI is InChI=1S/C24H19Cl4NO4/c25-19-13-18(31-12-9-21(27)28)14-20(26)24(19)33-11-4-10-32-22-8-7-17(15-29-22)23(30)16-5-2-1-3-6-16/h1-3,5-9,13-15H,4,10-12H2. The first-order valence-corrected chi connectivity index (χ1v) is 11.4. The largest absolute Gasteiger partial charge is 0.490 e. The molecule has 0 spiro atoms. The Labute approximate surface area is 211 Å². The topological polar surface area (TPSA) is 57.7 Å². The summed E-state index contributed by atoms with van der Waals surface area (Å²) in [6.07, 6.45) is 3.57. The predicted molar refractivity (Wildman–Crippen MR) is 131 cm³/mol. The van der Waals surface area contributed by atoms with E-state index in [-0.39, 0.29) is 16.9 Å². The Bertz CT molecular complexity index is 1080. The van der Waals surface area contributed by atoms with Crippen molar-refractivity contribution in [2.45, 2.75) is 6.42 Å². The first-order chi connectivity index (χ1) is 15.9. The van der Waals surface area contributed by atoms with Gasteiger partial charge in [-0.2, -0.15) is 0 Å². The zero-order chi connectivity index (χ0) is 23.6. The van der Waals surface area contributed by atoms with Gasteiger partial charge in [-0.3, -0.25) is 4.79 Å². The molecule has 0 aliphatic heterocycles. The Kier molecular flexibility index (Phi) is 9.70. The molecule has 0 aliphatic rings. The van der Waals surface area contributed by atoms with Crippen LogP contribution in [0.5, 0.6) is 17.4 Å². The maximum absolute atomic E-state index is 12.4. The van der Waals surface area contributed by atoms with E-state index >= 15 is 0 Å². The molecular weight excluding hydrogens is 508 g/mol. The number of ketones is 1. The quantitative estimate of drug-likeness (QED) is 0.196. The molecule has 5 nitrogen and oxygen atoms in total. The number of nitrogens with zero attached hydrogens (tertiary/aromatic N) is 1. The van der Waals surface area contributed by atoms with E-state index < -0.39 is 0 Å². The van der Waals surface area contributed by atoms with Gasteiger partial charge in [0.05, 0.1) is 23.3 Å². The number of carbonyl (C=O) groups excluding carboxylic acids is 1. The number of carbonyl (C=O) groups is 1. The minimum atomic E-state index is -0.0902. The van der Waals surface area contributed by atoms with Crippen molar-refractivity contribution < 1.29 is 19.0 Å². The van der Waals surface area contributed by atoms with Crippen LogP contribution in [0.3, 0.4) is 0 Å². The first kappa shape index (κ1) is 25.2. The summed E-state index contributed by atoms with van der Waals surface area (Å²) < 4.78 is 16.9. The van der Waals surface area contributed by atoms with Crippen LogP contribution in [0, 0.1) is 0 Å². The summed E-state index contributed by atoms with van der Waals surface area (Å²) in [6, 6.07) is 15.6. The van der Waals surface area contributed by atoms with Crippen LogP contribution in [0.15, 0.2) is 71.4 Å². The molecule has 33 heavy (non-hydrogen) atoms. The number of hydrogen-bond acceptors (Lipinski definition) is 5. The molecule has 0 radical (unpaired) electrons. The van der Waals surface area contributed by atoms with Crippen LogP contribution >= 0.6 is 46.4 Å². The van der Waals surface area contributed by atoms with Crippen LogP contribution in [0.1, 0.15) is 22.3 Å². The van der Waals surface area contributed by atoms with Gasteiger partial charge in [-0.25, -0.2) is 4.98 Å². The summed E-state index contributed by atoms with van der Waals surface area (Å²) in [5.74, 6) is 1.15. The third-order valence-corrected chi connectivity index (χ3v) is 5.15. The van der Waals surface area contributed by atoms with Crippen molar-refractivity contribution in [1.82, 2.24) is 4.98 Å². The number of pyridine rings is 1. The molecule has 3 rings (SSSR count). The first-order valence-electron chi connectivity index (χ1n) is 9.88. The van der Waals surface area contributed by atoms with Crippen molar-refractivity contribution in [3.05, 3.63) is 92.5 Å². The molecule has 3 aromatic rings. The van der Waals surface area contributed by atoms with Crippen LogP contribution < -0.4 is 14.2 Å². The summed E-state index contributed by atoms with van der Waals surface area (Å²) >= 11 is 23.6. The Morgan fingerprint density at radius 2 is 1.58 bits per heavy atom. The van der Waals surface area contributed by atoms with E-state index in [2.05, 4.69) is 4.98 Å². The lowest BCUT2D eigenvalue weighted by Crippen LogP contribution is -2.07. The molecular formula is C24H19Cl4NO4. The number of hydrogen-bond donors (Lipinski definition) is 0. The zero-order valence-electron chi connectivity index (χ0n) is 17.3. The van der Waals surface area contributed by atoms with E-state index in [0.717, 1.165) is 0 Å². The van der Waals surface area contributed by atoms with Gasteiger partial charge in [0.25, 0.3) is 0 Å². The van der Waals surface area contributed by atoms with Gasteiger partial charge in [-0.1, -0.05) is 76.7 Å². The Morgan fingerprint density at radius 3 is 2.21 bits per heavy atom. The Morgan fingerprint density at radius 1 is 0.879 bits per heavy atom. The van der Waals surface area contributed by atoms with Crippen molar-refractivity contribution in [2.75, 3.05) is 19.8 Å². The third-order valence-electron chi connectivity index (χ3n) is 4.28. The minimum absolute atomic E-state index is 0.0902. The highest BCUT2D eigenvalue weighted by Gasteiger charge is 2.11. The third kappa shape index (κ3) is 7.83. The molecule has 0 atom stereocenters. The summed E-state index contributed by atoms with van der Waals surface area (Å²) in [7, 11) is 0. The van der Waals surface area contributed by atoms with Gasteiger partial charge in [0.2, 0.25) is 5.88 Å². The maximum Gasteiger partial charge on any atom is 0.213 e. The molecule has 0 amide bonds. The van der Waals surface area contributed by atoms with E-state index in [1.165, 1.54) is 12.3 Å². The molecule has 2 aromatic carbocycles. The van der Waals surface area contributed by atoms with Crippen molar-refractivity contribution in [3.8, 4) is 17.4 Å². The van der Waals surface area contributed by atoms with Gasteiger partial charge >= 0.3 is 0 Å². The molecule has 0 N–H and O–H groups in total. The monoisotopic (exact) mass is 525 g/mol. The van der Waals surface area contributed by atoms with Crippen LogP contribution in [0.2, 0.25) is 10.0 Å². The van der Waals surface area contributed by atoms with Crippen LogP contribution in [-0.2, 0) is 0 Å². The summed E-state index contributed by atoms with van der Waals surface area (Å²) in [5, 5.41) is 0.638. The van der Waals surface area contributed by atoms with Gasteiger partial charge in [-0.05, 0) is 12.1 Å². The van der Waals surface area contributed by atoms with E-state index in [9.17, 15) is 4.79 Å². The molecule has 0 fully saturated rings.